The van der Waals surface area contributed by atoms with E-state index < -0.39 is 12.1 Å². The first-order valence-corrected chi connectivity index (χ1v) is 9.61. The van der Waals surface area contributed by atoms with Crippen molar-refractivity contribution < 1.29 is 14.3 Å². The molecule has 1 heterocycles. The molecule has 0 saturated carbocycles. The van der Waals surface area contributed by atoms with Crippen LogP contribution in [0.25, 0.3) is 10.8 Å². The molecule has 0 saturated heterocycles. The lowest BCUT2D eigenvalue weighted by atomic mass is 9.87. The van der Waals surface area contributed by atoms with E-state index in [9.17, 15) is 14.4 Å². The maximum absolute atomic E-state index is 12.6. The first-order chi connectivity index (χ1) is 14.0. The molecule has 0 radical (unpaired) electrons. The van der Waals surface area contributed by atoms with Crippen LogP contribution >= 0.6 is 0 Å². The average molecular weight is 391 g/mol. The molecule has 3 aromatic rings. The van der Waals surface area contributed by atoms with E-state index in [0.717, 1.165) is 24.8 Å². The highest BCUT2D eigenvalue weighted by Crippen LogP contribution is 2.29. The number of esters is 1. The number of fused-ring (bicyclic) bond motifs is 2. The molecule has 7 nitrogen and oxygen atoms in total. The summed E-state index contributed by atoms with van der Waals surface area (Å²) >= 11 is 0. The van der Waals surface area contributed by atoms with Crippen LogP contribution in [-0.4, -0.2) is 28.2 Å². The van der Waals surface area contributed by atoms with Crippen LogP contribution < -0.4 is 10.9 Å². The van der Waals surface area contributed by atoms with Crippen molar-refractivity contribution in [3.05, 3.63) is 75.7 Å². The number of nitrogens with zero attached hydrogens (tertiary/aromatic N) is 1. The summed E-state index contributed by atoms with van der Waals surface area (Å²) in [5.74, 6) is -1.13. The Morgan fingerprint density at radius 1 is 1.14 bits per heavy atom. The molecule has 7 heteroatoms. The number of amides is 1. The van der Waals surface area contributed by atoms with Crippen LogP contribution in [0.15, 0.2) is 53.3 Å². The number of carbonyl (C=O) groups excluding carboxylic acids is 2. The number of rotatable bonds is 4. The van der Waals surface area contributed by atoms with Crippen molar-refractivity contribution in [2.45, 2.75) is 38.3 Å². The lowest BCUT2D eigenvalue weighted by Gasteiger charge is -2.27. The molecule has 1 amide bonds. The summed E-state index contributed by atoms with van der Waals surface area (Å²) in [5, 5.41) is 9.82. The Balaban J connectivity index is 1.48. The van der Waals surface area contributed by atoms with E-state index in [1.165, 1.54) is 12.5 Å². The Kier molecular flexibility index (Phi) is 5.12. The quantitative estimate of drug-likeness (QED) is 0.666. The number of aryl methyl sites for hydroxylation is 1. The first kappa shape index (κ1) is 18.9. The highest BCUT2D eigenvalue weighted by Gasteiger charge is 2.26. The van der Waals surface area contributed by atoms with E-state index in [0.29, 0.717) is 10.8 Å². The van der Waals surface area contributed by atoms with Gasteiger partial charge < -0.3 is 10.1 Å². The van der Waals surface area contributed by atoms with Gasteiger partial charge in [0.1, 0.15) is 0 Å². The molecule has 4 rings (SSSR count). The Labute approximate surface area is 167 Å². The molecule has 2 N–H and O–H groups in total. The van der Waals surface area contributed by atoms with Crippen LogP contribution in [0, 0.1) is 0 Å². The van der Waals surface area contributed by atoms with Gasteiger partial charge in [-0.2, -0.15) is 5.10 Å². The molecular formula is C22H21N3O4. The highest BCUT2D eigenvalue weighted by molar-refractivity contribution is 6.02. The van der Waals surface area contributed by atoms with Gasteiger partial charge in [-0.3, -0.25) is 9.59 Å². The summed E-state index contributed by atoms with van der Waals surface area (Å²) in [5.41, 5.74) is 1.93. The monoisotopic (exact) mass is 391 g/mol. The molecule has 148 valence electrons. The maximum Gasteiger partial charge on any atom is 0.360 e. The highest BCUT2D eigenvalue weighted by atomic mass is 16.5. The molecule has 2 aromatic carbocycles. The van der Waals surface area contributed by atoms with Gasteiger partial charge in [-0.05, 0) is 43.4 Å². The molecular weight excluding hydrogens is 370 g/mol. The fraction of sp³-hybridized carbons (Fsp3) is 0.273. The smallest absolute Gasteiger partial charge is 0.360 e. The Bertz CT molecular complexity index is 1140. The minimum absolute atomic E-state index is 0.0251. The zero-order valence-electron chi connectivity index (χ0n) is 16.0. The van der Waals surface area contributed by atoms with Gasteiger partial charge in [-0.15, -0.1) is 0 Å². The van der Waals surface area contributed by atoms with Gasteiger partial charge in [0.15, 0.2) is 11.8 Å². The van der Waals surface area contributed by atoms with E-state index in [4.69, 9.17) is 4.74 Å². The van der Waals surface area contributed by atoms with Crippen LogP contribution in [-0.2, 0) is 16.0 Å². The average Bonchev–Trinajstić information content (AvgIpc) is 2.74. The van der Waals surface area contributed by atoms with Gasteiger partial charge in [0.2, 0.25) is 0 Å². The fourth-order valence-corrected chi connectivity index (χ4v) is 3.73. The molecule has 2 unspecified atom stereocenters. The molecule has 0 aliphatic heterocycles. The zero-order chi connectivity index (χ0) is 20.4. The number of aromatic amines is 1. The Morgan fingerprint density at radius 2 is 1.86 bits per heavy atom. The molecule has 1 aliphatic rings. The molecule has 29 heavy (non-hydrogen) atoms. The van der Waals surface area contributed by atoms with Crippen LogP contribution in [0.5, 0.6) is 0 Å². The number of ether oxygens (including phenoxy) is 1. The minimum Gasteiger partial charge on any atom is -0.448 e. The number of hydrogen-bond acceptors (Lipinski definition) is 5. The van der Waals surface area contributed by atoms with Crippen molar-refractivity contribution in [2.24, 2.45) is 0 Å². The summed E-state index contributed by atoms with van der Waals surface area (Å²) in [7, 11) is 0. The van der Waals surface area contributed by atoms with Crippen molar-refractivity contribution in [2.75, 3.05) is 0 Å². The third-order valence-electron chi connectivity index (χ3n) is 5.23. The summed E-state index contributed by atoms with van der Waals surface area (Å²) in [6.07, 6.45) is 1.83. The second kappa shape index (κ2) is 7.87. The minimum atomic E-state index is -0.996. The molecule has 0 fully saturated rings. The summed E-state index contributed by atoms with van der Waals surface area (Å²) < 4.78 is 5.34. The third kappa shape index (κ3) is 3.76. The Morgan fingerprint density at radius 3 is 2.69 bits per heavy atom. The second-order valence-electron chi connectivity index (χ2n) is 7.15. The number of aromatic nitrogens is 2. The number of benzene rings is 2. The fourth-order valence-electron chi connectivity index (χ4n) is 3.73. The second-order valence-corrected chi connectivity index (χ2v) is 7.15. The lowest BCUT2D eigenvalue weighted by molar-refractivity contribution is -0.130. The van der Waals surface area contributed by atoms with Gasteiger partial charge in [-0.1, -0.05) is 42.5 Å². The molecule has 0 bridgehead atoms. The van der Waals surface area contributed by atoms with Crippen LogP contribution in [0.4, 0.5) is 0 Å². The van der Waals surface area contributed by atoms with Crippen molar-refractivity contribution in [1.82, 2.24) is 15.5 Å². The lowest BCUT2D eigenvalue weighted by Crippen LogP contribution is -2.39. The first-order valence-electron chi connectivity index (χ1n) is 9.61. The summed E-state index contributed by atoms with van der Waals surface area (Å²) in [6.45, 7) is 1.52. The Hall–Kier alpha value is -3.48. The number of nitrogens with one attached hydrogen (secondary N) is 2. The van der Waals surface area contributed by atoms with Gasteiger partial charge in [0.25, 0.3) is 11.5 Å². The van der Waals surface area contributed by atoms with Crippen molar-refractivity contribution >= 4 is 22.6 Å². The van der Waals surface area contributed by atoms with Crippen molar-refractivity contribution in [1.29, 1.82) is 0 Å². The number of hydrogen-bond donors (Lipinski definition) is 2. The molecule has 1 aromatic heterocycles. The van der Waals surface area contributed by atoms with Gasteiger partial charge in [-0.25, -0.2) is 9.89 Å². The van der Waals surface area contributed by atoms with Gasteiger partial charge in [0, 0.05) is 5.39 Å². The predicted octanol–water partition coefficient (Wildman–Crippen LogP) is 2.66. The van der Waals surface area contributed by atoms with Gasteiger partial charge >= 0.3 is 5.97 Å². The van der Waals surface area contributed by atoms with Crippen molar-refractivity contribution in [3.63, 3.8) is 0 Å². The van der Waals surface area contributed by atoms with E-state index in [1.54, 1.807) is 24.3 Å². The van der Waals surface area contributed by atoms with E-state index in [2.05, 4.69) is 21.6 Å². The zero-order valence-corrected chi connectivity index (χ0v) is 16.0. The SMILES string of the molecule is CC(OC(=O)c1n[nH]c(=O)c2ccccc12)C(=O)NC1CCCc2ccccc21. The predicted molar refractivity (Wildman–Crippen MR) is 108 cm³/mol. The van der Waals surface area contributed by atoms with Crippen molar-refractivity contribution in [3.8, 4) is 0 Å². The molecule has 0 spiro atoms. The van der Waals surface area contributed by atoms with E-state index >= 15 is 0 Å². The largest absolute Gasteiger partial charge is 0.448 e. The topological polar surface area (TPSA) is 101 Å². The molecule has 2 atom stereocenters. The summed E-state index contributed by atoms with van der Waals surface area (Å²) in [4.78, 5) is 37.1. The number of H-pyrrole nitrogens is 1. The molecule has 1 aliphatic carbocycles. The normalized spacial score (nSPS) is 16.7. The maximum atomic E-state index is 12.6. The summed E-state index contributed by atoms with van der Waals surface area (Å²) in [6, 6.07) is 14.6. The van der Waals surface area contributed by atoms with E-state index in [1.807, 2.05) is 18.2 Å². The van der Waals surface area contributed by atoms with Gasteiger partial charge in [0.05, 0.1) is 11.4 Å². The van der Waals surface area contributed by atoms with Crippen LogP contribution in [0.1, 0.15) is 47.4 Å². The van der Waals surface area contributed by atoms with Crippen LogP contribution in [0.2, 0.25) is 0 Å². The standard InChI is InChI=1S/C22H21N3O4/c1-13(20(26)23-18-12-6-8-14-7-2-3-9-15(14)18)29-22(28)19-16-10-4-5-11-17(16)21(27)25-24-19/h2-5,7,9-11,13,18H,6,8,12H2,1H3,(H,23,26)(H,25,27). The number of carbonyl (C=O) groups is 2. The van der Waals surface area contributed by atoms with Crippen LogP contribution in [0.3, 0.4) is 0 Å². The van der Waals surface area contributed by atoms with E-state index in [-0.39, 0.29) is 23.2 Å². The third-order valence-corrected chi connectivity index (χ3v) is 5.23.